The number of aromatic nitrogens is 1. The summed E-state index contributed by atoms with van der Waals surface area (Å²) >= 11 is 0. The lowest BCUT2D eigenvalue weighted by atomic mass is 10.1. The van der Waals surface area contributed by atoms with Crippen molar-refractivity contribution in [2.45, 2.75) is 0 Å². The number of hydrogen-bond acceptors (Lipinski definition) is 2. The van der Waals surface area contributed by atoms with E-state index < -0.39 is 0 Å². The number of benzene rings is 1. The number of amidine groups is 1. The van der Waals surface area contributed by atoms with Gasteiger partial charge in [0.25, 0.3) is 0 Å². The predicted molar refractivity (Wildman–Crippen MR) is 67.9 cm³/mol. The third kappa shape index (κ3) is 2.79. The molecule has 17 heavy (non-hydrogen) atoms. The Morgan fingerprint density at radius 1 is 1.12 bits per heavy atom. The standard InChI is InChI=1S/C12H10FN3.ClH/c13-9-5-2-1-4-8(9)10-6-3-7-11(16-10)12(14)15;/h1-7H,(H3,14,15);1H. The van der Waals surface area contributed by atoms with Crippen LogP contribution in [0.2, 0.25) is 0 Å². The number of nitrogens with zero attached hydrogens (tertiary/aromatic N) is 1. The topological polar surface area (TPSA) is 62.8 Å². The normalized spacial score (nSPS) is 9.47. The number of nitrogen functional groups attached to an aromatic ring is 1. The van der Waals surface area contributed by atoms with E-state index in [0.29, 0.717) is 17.0 Å². The third-order valence-corrected chi connectivity index (χ3v) is 2.17. The molecule has 3 nitrogen and oxygen atoms in total. The Labute approximate surface area is 104 Å². The average Bonchev–Trinajstić information content (AvgIpc) is 2.30. The molecule has 0 spiro atoms. The molecule has 3 N–H and O–H groups in total. The molecule has 0 atom stereocenters. The molecule has 2 aromatic rings. The summed E-state index contributed by atoms with van der Waals surface area (Å²) in [7, 11) is 0. The van der Waals surface area contributed by atoms with Gasteiger partial charge in [0, 0.05) is 5.56 Å². The molecule has 0 aliphatic carbocycles. The maximum Gasteiger partial charge on any atom is 0.141 e. The van der Waals surface area contributed by atoms with Crippen molar-refractivity contribution in [2.24, 2.45) is 5.73 Å². The molecule has 0 aliphatic rings. The Bertz CT molecular complexity index is 543. The van der Waals surface area contributed by atoms with Crippen LogP contribution in [0.1, 0.15) is 5.69 Å². The van der Waals surface area contributed by atoms with Crippen LogP contribution in [0.15, 0.2) is 42.5 Å². The zero-order valence-corrected chi connectivity index (χ0v) is 9.67. The van der Waals surface area contributed by atoms with Crippen molar-refractivity contribution in [3.63, 3.8) is 0 Å². The van der Waals surface area contributed by atoms with E-state index in [1.807, 2.05) is 0 Å². The third-order valence-electron chi connectivity index (χ3n) is 2.17. The van der Waals surface area contributed by atoms with Gasteiger partial charge in [-0.1, -0.05) is 18.2 Å². The molecule has 0 unspecified atom stereocenters. The Kier molecular flexibility index (Phi) is 4.17. The molecule has 88 valence electrons. The lowest BCUT2D eigenvalue weighted by Crippen LogP contribution is -2.13. The van der Waals surface area contributed by atoms with E-state index in [9.17, 15) is 4.39 Å². The first kappa shape index (κ1) is 13.1. The van der Waals surface area contributed by atoms with E-state index >= 15 is 0 Å². The minimum absolute atomic E-state index is 0. The molecule has 0 amide bonds. The van der Waals surface area contributed by atoms with Crippen LogP contribution in [0.4, 0.5) is 4.39 Å². The van der Waals surface area contributed by atoms with Gasteiger partial charge in [-0.3, -0.25) is 5.41 Å². The van der Waals surface area contributed by atoms with Crippen LogP contribution in [-0.4, -0.2) is 10.8 Å². The van der Waals surface area contributed by atoms with E-state index in [1.165, 1.54) is 6.07 Å². The van der Waals surface area contributed by atoms with E-state index in [1.54, 1.807) is 36.4 Å². The summed E-state index contributed by atoms with van der Waals surface area (Å²) < 4.78 is 13.5. The Hall–Kier alpha value is -1.94. The van der Waals surface area contributed by atoms with E-state index in [-0.39, 0.29) is 24.1 Å². The van der Waals surface area contributed by atoms with Gasteiger partial charge in [0.1, 0.15) is 17.3 Å². The van der Waals surface area contributed by atoms with Gasteiger partial charge in [-0.05, 0) is 24.3 Å². The fraction of sp³-hybridized carbons (Fsp3) is 0. The van der Waals surface area contributed by atoms with Crippen molar-refractivity contribution in [1.82, 2.24) is 4.98 Å². The fourth-order valence-electron chi connectivity index (χ4n) is 1.40. The molecular weight excluding hydrogens is 241 g/mol. The highest BCUT2D eigenvalue weighted by Crippen LogP contribution is 2.20. The van der Waals surface area contributed by atoms with E-state index in [4.69, 9.17) is 11.1 Å². The van der Waals surface area contributed by atoms with E-state index in [0.717, 1.165) is 0 Å². The molecule has 0 saturated carbocycles. The van der Waals surface area contributed by atoms with Gasteiger partial charge in [-0.2, -0.15) is 0 Å². The summed E-state index contributed by atoms with van der Waals surface area (Å²) in [5.41, 5.74) is 6.56. The summed E-state index contributed by atoms with van der Waals surface area (Å²) in [6.07, 6.45) is 0. The second kappa shape index (κ2) is 5.41. The van der Waals surface area contributed by atoms with Crippen molar-refractivity contribution in [2.75, 3.05) is 0 Å². The van der Waals surface area contributed by atoms with Crippen molar-refractivity contribution in [3.8, 4) is 11.3 Å². The molecule has 5 heteroatoms. The highest BCUT2D eigenvalue weighted by Gasteiger charge is 2.06. The summed E-state index contributed by atoms with van der Waals surface area (Å²) in [6, 6.07) is 11.4. The van der Waals surface area contributed by atoms with Crippen molar-refractivity contribution in [1.29, 1.82) is 5.41 Å². The number of nitrogens with two attached hydrogens (primary N) is 1. The number of pyridine rings is 1. The zero-order valence-electron chi connectivity index (χ0n) is 8.85. The van der Waals surface area contributed by atoms with Crippen LogP contribution >= 0.6 is 12.4 Å². The van der Waals surface area contributed by atoms with Gasteiger partial charge < -0.3 is 5.73 Å². The summed E-state index contributed by atoms with van der Waals surface area (Å²) in [5.74, 6) is -0.464. The van der Waals surface area contributed by atoms with Gasteiger partial charge in [-0.25, -0.2) is 9.37 Å². The minimum Gasteiger partial charge on any atom is -0.382 e. The number of halogens is 2. The van der Waals surface area contributed by atoms with Gasteiger partial charge >= 0.3 is 0 Å². The van der Waals surface area contributed by atoms with Crippen molar-refractivity contribution in [3.05, 3.63) is 54.0 Å². The van der Waals surface area contributed by atoms with Gasteiger partial charge in [-0.15, -0.1) is 12.4 Å². The lowest BCUT2D eigenvalue weighted by molar-refractivity contribution is 0.630. The predicted octanol–water partition coefficient (Wildman–Crippen LogP) is 2.59. The summed E-state index contributed by atoms with van der Waals surface area (Å²) in [6.45, 7) is 0. The smallest absolute Gasteiger partial charge is 0.141 e. The lowest BCUT2D eigenvalue weighted by Gasteiger charge is -2.04. The number of rotatable bonds is 2. The molecule has 0 bridgehead atoms. The molecule has 1 aromatic heterocycles. The summed E-state index contributed by atoms with van der Waals surface area (Å²) in [4.78, 5) is 4.11. The second-order valence-electron chi connectivity index (χ2n) is 3.30. The van der Waals surface area contributed by atoms with Gasteiger partial charge in [0.05, 0.1) is 5.69 Å². The van der Waals surface area contributed by atoms with Crippen LogP contribution in [0.25, 0.3) is 11.3 Å². The maximum atomic E-state index is 13.5. The van der Waals surface area contributed by atoms with Crippen LogP contribution in [-0.2, 0) is 0 Å². The fourth-order valence-corrected chi connectivity index (χ4v) is 1.40. The SMILES string of the molecule is Cl.N=C(N)c1cccc(-c2ccccc2F)n1. The highest BCUT2D eigenvalue weighted by molar-refractivity contribution is 5.93. The largest absolute Gasteiger partial charge is 0.382 e. The Morgan fingerprint density at radius 2 is 1.82 bits per heavy atom. The zero-order chi connectivity index (χ0) is 11.5. The highest BCUT2D eigenvalue weighted by atomic mass is 35.5. The van der Waals surface area contributed by atoms with Crippen LogP contribution in [0.5, 0.6) is 0 Å². The van der Waals surface area contributed by atoms with E-state index in [2.05, 4.69) is 4.98 Å². The maximum absolute atomic E-state index is 13.5. The second-order valence-corrected chi connectivity index (χ2v) is 3.30. The molecular formula is C12H11ClFN3. The first-order chi connectivity index (χ1) is 7.68. The molecule has 1 aromatic carbocycles. The molecule has 0 aliphatic heterocycles. The number of hydrogen-bond donors (Lipinski definition) is 2. The average molecular weight is 252 g/mol. The molecule has 2 rings (SSSR count). The number of nitrogens with one attached hydrogen (secondary N) is 1. The Morgan fingerprint density at radius 3 is 2.47 bits per heavy atom. The quantitative estimate of drug-likeness (QED) is 0.637. The van der Waals surface area contributed by atoms with Crippen LogP contribution in [0.3, 0.4) is 0 Å². The van der Waals surface area contributed by atoms with Crippen molar-refractivity contribution >= 4 is 18.2 Å². The summed E-state index contributed by atoms with van der Waals surface area (Å²) in [5, 5.41) is 7.27. The first-order valence-electron chi connectivity index (χ1n) is 4.75. The van der Waals surface area contributed by atoms with Crippen LogP contribution < -0.4 is 5.73 Å². The minimum atomic E-state index is -0.337. The monoisotopic (exact) mass is 251 g/mol. The molecule has 0 fully saturated rings. The molecule has 0 radical (unpaired) electrons. The van der Waals surface area contributed by atoms with Crippen molar-refractivity contribution < 1.29 is 4.39 Å². The Balaban J connectivity index is 0.00000144. The van der Waals surface area contributed by atoms with Gasteiger partial charge in [0.2, 0.25) is 0 Å². The first-order valence-corrected chi connectivity index (χ1v) is 4.75. The van der Waals surface area contributed by atoms with Gasteiger partial charge in [0.15, 0.2) is 0 Å². The molecule has 1 heterocycles. The molecule has 0 saturated heterocycles. The van der Waals surface area contributed by atoms with Crippen LogP contribution in [0, 0.1) is 11.2 Å².